The molecule has 0 saturated carbocycles. The lowest BCUT2D eigenvalue weighted by molar-refractivity contribution is -0.136. The molecule has 0 saturated heterocycles. The van der Waals surface area contributed by atoms with Gasteiger partial charge in [0.15, 0.2) is 0 Å². The van der Waals surface area contributed by atoms with Crippen LogP contribution in [0.4, 0.5) is 5.69 Å². The van der Waals surface area contributed by atoms with Gasteiger partial charge in [-0.3, -0.25) is 4.79 Å². The second-order valence-electron chi connectivity index (χ2n) is 7.35. The predicted octanol–water partition coefficient (Wildman–Crippen LogP) is 5.41. The van der Waals surface area contributed by atoms with Gasteiger partial charge in [0, 0.05) is 23.6 Å². The van der Waals surface area contributed by atoms with Gasteiger partial charge in [-0.05, 0) is 31.4 Å². The number of rotatable bonds is 9. The molecule has 1 N–H and O–H groups in total. The summed E-state index contributed by atoms with van der Waals surface area (Å²) in [7, 11) is 1.59. The van der Waals surface area contributed by atoms with Crippen LogP contribution < -0.4 is 10.1 Å². The maximum atomic E-state index is 12.8. The lowest BCUT2D eigenvalue weighted by Crippen LogP contribution is -2.42. The summed E-state index contributed by atoms with van der Waals surface area (Å²) in [6, 6.07) is 11.8. The van der Waals surface area contributed by atoms with E-state index >= 15 is 0 Å². The van der Waals surface area contributed by atoms with E-state index in [4.69, 9.17) is 9.47 Å². The smallest absolute Gasteiger partial charge is 0.256 e. The van der Waals surface area contributed by atoms with Crippen LogP contribution in [0.25, 0.3) is 10.8 Å². The van der Waals surface area contributed by atoms with E-state index in [1.165, 1.54) is 0 Å². The van der Waals surface area contributed by atoms with Gasteiger partial charge in [-0.1, -0.05) is 57.9 Å². The second kappa shape index (κ2) is 9.04. The molecule has 0 aliphatic carbocycles. The molecular weight excluding hydrogens is 326 g/mol. The van der Waals surface area contributed by atoms with Gasteiger partial charge in [0.25, 0.3) is 5.91 Å². The van der Waals surface area contributed by atoms with Crippen molar-refractivity contribution in [3.8, 4) is 5.75 Å². The van der Waals surface area contributed by atoms with Gasteiger partial charge < -0.3 is 14.8 Å². The van der Waals surface area contributed by atoms with E-state index in [2.05, 4.69) is 26.1 Å². The number of carbonyl (C=O) groups is 1. The summed E-state index contributed by atoms with van der Waals surface area (Å²) in [4.78, 5) is 12.8. The van der Waals surface area contributed by atoms with E-state index in [0.717, 1.165) is 35.1 Å². The average molecular weight is 357 g/mol. The number of fused-ring (bicyclic) bond motifs is 1. The highest BCUT2D eigenvalue weighted by Crippen LogP contribution is 2.33. The molecule has 0 spiro atoms. The Morgan fingerprint density at radius 2 is 1.85 bits per heavy atom. The number of methoxy groups -OCH3 is 1. The van der Waals surface area contributed by atoms with E-state index in [-0.39, 0.29) is 5.91 Å². The van der Waals surface area contributed by atoms with E-state index in [0.29, 0.717) is 18.9 Å². The third-order valence-corrected chi connectivity index (χ3v) is 4.64. The Hall–Kier alpha value is -2.07. The highest BCUT2D eigenvalue weighted by Gasteiger charge is 2.32. The van der Waals surface area contributed by atoms with Crippen molar-refractivity contribution in [2.45, 2.75) is 52.6 Å². The first-order valence-corrected chi connectivity index (χ1v) is 9.42. The van der Waals surface area contributed by atoms with Gasteiger partial charge >= 0.3 is 0 Å². The van der Waals surface area contributed by atoms with Gasteiger partial charge in [-0.15, -0.1) is 0 Å². The number of benzene rings is 2. The van der Waals surface area contributed by atoms with Crippen LogP contribution in [0.2, 0.25) is 0 Å². The summed E-state index contributed by atoms with van der Waals surface area (Å²) in [5.74, 6) is 1.18. The molecule has 2 rings (SSSR count). The van der Waals surface area contributed by atoms with Crippen molar-refractivity contribution >= 4 is 22.4 Å². The molecular formula is C22H31NO3. The molecule has 0 bridgehead atoms. The molecule has 1 atom stereocenters. The Labute approximate surface area is 156 Å². The highest BCUT2D eigenvalue weighted by molar-refractivity contribution is 6.06. The Balaban J connectivity index is 2.30. The molecule has 4 nitrogen and oxygen atoms in total. The maximum absolute atomic E-state index is 12.8. The minimum Gasteiger partial charge on any atom is -0.493 e. The number of hydrogen-bond donors (Lipinski definition) is 1. The second-order valence-corrected chi connectivity index (χ2v) is 7.35. The van der Waals surface area contributed by atoms with Gasteiger partial charge in [0.05, 0.1) is 6.61 Å². The van der Waals surface area contributed by atoms with Crippen LogP contribution in [-0.2, 0) is 9.53 Å². The summed E-state index contributed by atoms with van der Waals surface area (Å²) < 4.78 is 11.5. The zero-order valence-electron chi connectivity index (χ0n) is 16.6. The number of anilines is 1. The summed E-state index contributed by atoms with van der Waals surface area (Å²) in [6.07, 6.45) is 2.66. The number of ether oxygens (including phenoxy) is 2. The molecule has 4 heteroatoms. The Morgan fingerprint density at radius 3 is 2.46 bits per heavy atom. The van der Waals surface area contributed by atoms with Crippen LogP contribution in [-0.4, -0.2) is 25.2 Å². The minimum absolute atomic E-state index is 0.116. The fourth-order valence-corrected chi connectivity index (χ4v) is 2.84. The Bertz CT molecular complexity index is 741. The molecule has 0 aliphatic heterocycles. The molecule has 2 aromatic rings. The van der Waals surface area contributed by atoms with Crippen LogP contribution in [0, 0.1) is 5.92 Å². The standard InChI is InChI=1S/C22H31NO3/c1-6-7-14-22(4,25-5)21(24)23-19-12-13-20(26-15-16(2)3)18-11-9-8-10-17(18)19/h8-13,16H,6-7,14-15H2,1-5H3,(H,23,24). The van der Waals surface area contributed by atoms with Crippen molar-refractivity contribution in [3.63, 3.8) is 0 Å². The van der Waals surface area contributed by atoms with Gasteiger partial charge in [-0.2, -0.15) is 0 Å². The van der Waals surface area contributed by atoms with Gasteiger partial charge in [0.1, 0.15) is 11.4 Å². The van der Waals surface area contributed by atoms with Crippen molar-refractivity contribution in [1.82, 2.24) is 0 Å². The lowest BCUT2D eigenvalue weighted by atomic mass is 9.97. The van der Waals surface area contributed by atoms with Crippen molar-refractivity contribution in [3.05, 3.63) is 36.4 Å². The van der Waals surface area contributed by atoms with Crippen LogP contribution in [0.15, 0.2) is 36.4 Å². The topological polar surface area (TPSA) is 47.6 Å². The van der Waals surface area contributed by atoms with Gasteiger partial charge in [-0.25, -0.2) is 0 Å². The first-order chi connectivity index (χ1) is 12.4. The molecule has 0 radical (unpaired) electrons. The molecule has 2 aromatic carbocycles. The van der Waals surface area contributed by atoms with Crippen LogP contribution >= 0.6 is 0 Å². The average Bonchev–Trinajstić information content (AvgIpc) is 2.65. The number of amides is 1. The fraction of sp³-hybridized carbons (Fsp3) is 0.500. The van der Waals surface area contributed by atoms with Crippen LogP contribution in [0.5, 0.6) is 5.75 Å². The molecule has 142 valence electrons. The van der Waals surface area contributed by atoms with E-state index in [1.807, 2.05) is 43.3 Å². The number of carbonyl (C=O) groups excluding carboxylic acids is 1. The zero-order valence-corrected chi connectivity index (χ0v) is 16.6. The first-order valence-electron chi connectivity index (χ1n) is 9.42. The quantitative estimate of drug-likeness (QED) is 0.653. The zero-order chi connectivity index (χ0) is 19.2. The van der Waals surface area contributed by atoms with Crippen molar-refractivity contribution in [1.29, 1.82) is 0 Å². The molecule has 0 fully saturated rings. The molecule has 0 heterocycles. The monoisotopic (exact) mass is 357 g/mol. The van der Waals surface area contributed by atoms with Crippen molar-refractivity contribution < 1.29 is 14.3 Å². The third-order valence-electron chi connectivity index (χ3n) is 4.64. The van der Waals surface area contributed by atoms with Crippen molar-refractivity contribution in [2.75, 3.05) is 19.0 Å². The normalized spacial score (nSPS) is 13.6. The van der Waals surface area contributed by atoms with E-state index in [1.54, 1.807) is 7.11 Å². The van der Waals surface area contributed by atoms with Crippen molar-refractivity contribution in [2.24, 2.45) is 5.92 Å². The maximum Gasteiger partial charge on any atom is 0.256 e. The largest absolute Gasteiger partial charge is 0.493 e. The first kappa shape index (κ1) is 20.2. The Kier molecular flexibility index (Phi) is 7.04. The van der Waals surface area contributed by atoms with E-state index in [9.17, 15) is 4.79 Å². The van der Waals surface area contributed by atoms with Crippen LogP contribution in [0.1, 0.15) is 47.0 Å². The molecule has 0 aromatic heterocycles. The fourth-order valence-electron chi connectivity index (χ4n) is 2.84. The lowest BCUT2D eigenvalue weighted by Gasteiger charge is -2.27. The molecule has 1 amide bonds. The van der Waals surface area contributed by atoms with Gasteiger partial charge in [0.2, 0.25) is 0 Å². The summed E-state index contributed by atoms with van der Waals surface area (Å²) in [5, 5.41) is 5.03. The molecule has 0 aliphatic rings. The minimum atomic E-state index is -0.829. The summed E-state index contributed by atoms with van der Waals surface area (Å²) in [6.45, 7) is 8.86. The summed E-state index contributed by atoms with van der Waals surface area (Å²) in [5.41, 5.74) is -0.0496. The SMILES string of the molecule is CCCCC(C)(OC)C(=O)Nc1ccc(OCC(C)C)c2ccccc12. The number of unbranched alkanes of at least 4 members (excludes halogenated alkanes) is 1. The highest BCUT2D eigenvalue weighted by atomic mass is 16.5. The predicted molar refractivity (Wildman–Crippen MR) is 108 cm³/mol. The van der Waals surface area contributed by atoms with Crippen LogP contribution in [0.3, 0.4) is 0 Å². The number of hydrogen-bond acceptors (Lipinski definition) is 3. The Morgan fingerprint density at radius 1 is 1.15 bits per heavy atom. The summed E-state index contributed by atoms with van der Waals surface area (Å²) >= 11 is 0. The number of nitrogens with one attached hydrogen (secondary N) is 1. The molecule has 26 heavy (non-hydrogen) atoms. The third kappa shape index (κ3) is 4.76. The van der Waals surface area contributed by atoms with E-state index < -0.39 is 5.60 Å². The molecule has 1 unspecified atom stereocenters.